The molecule has 6 heteroatoms. The minimum atomic E-state index is -0.254. The van der Waals surface area contributed by atoms with Crippen LogP contribution < -0.4 is 11.0 Å². The van der Waals surface area contributed by atoms with E-state index in [0.717, 1.165) is 18.6 Å². The van der Waals surface area contributed by atoms with Crippen LogP contribution in [0, 0.1) is 6.92 Å². The fourth-order valence-corrected chi connectivity index (χ4v) is 1.01. The number of aromatic nitrogens is 3. The first-order chi connectivity index (χ1) is 7.13. The summed E-state index contributed by atoms with van der Waals surface area (Å²) < 4.78 is 0. The third-order valence-corrected chi connectivity index (χ3v) is 1.83. The number of nitrogens with one attached hydrogen (secondary N) is 2. The first-order valence-corrected chi connectivity index (χ1v) is 4.86. The van der Waals surface area contributed by atoms with Gasteiger partial charge in [0.1, 0.15) is 5.69 Å². The van der Waals surface area contributed by atoms with Crippen molar-refractivity contribution in [2.45, 2.75) is 33.6 Å². The number of nitrogens with zero attached hydrogens (tertiary/aromatic N) is 3. The third-order valence-electron chi connectivity index (χ3n) is 1.83. The van der Waals surface area contributed by atoms with Gasteiger partial charge in [0.25, 0.3) is 5.56 Å². The van der Waals surface area contributed by atoms with Gasteiger partial charge in [-0.05, 0) is 20.3 Å². The molecule has 0 aliphatic rings. The van der Waals surface area contributed by atoms with Gasteiger partial charge in [-0.15, -0.1) is 10.2 Å². The fourth-order valence-electron chi connectivity index (χ4n) is 1.01. The Bertz CT molecular complexity index is 409. The second-order valence-corrected chi connectivity index (χ2v) is 3.30. The van der Waals surface area contributed by atoms with Crippen LogP contribution in [0.1, 0.15) is 32.4 Å². The number of hydrogen-bond acceptors (Lipinski definition) is 5. The molecule has 15 heavy (non-hydrogen) atoms. The van der Waals surface area contributed by atoms with Crippen molar-refractivity contribution in [3.8, 4) is 0 Å². The van der Waals surface area contributed by atoms with Crippen LogP contribution in [-0.4, -0.2) is 20.9 Å². The number of hydrazone groups is 1. The molecule has 0 atom stereocenters. The molecule has 2 N–H and O–H groups in total. The van der Waals surface area contributed by atoms with Crippen LogP contribution >= 0.6 is 0 Å². The van der Waals surface area contributed by atoms with Crippen molar-refractivity contribution in [3.05, 3.63) is 16.0 Å². The van der Waals surface area contributed by atoms with Crippen molar-refractivity contribution in [1.29, 1.82) is 0 Å². The average molecular weight is 209 g/mol. The molecule has 1 heterocycles. The second kappa shape index (κ2) is 5.23. The summed E-state index contributed by atoms with van der Waals surface area (Å²) in [6, 6.07) is 0. The van der Waals surface area contributed by atoms with Crippen LogP contribution in [0.3, 0.4) is 0 Å². The number of hydrogen-bond donors (Lipinski definition) is 2. The summed E-state index contributed by atoms with van der Waals surface area (Å²) in [5.74, 6) is 0.265. The maximum atomic E-state index is 11.2. The van der Waals surface area contributed by atoms with Gasteiger partial charge in [-0.25, -0.2) is 5.43 Å². The highest BCUT2D eigenvalue weighted by molar-refractivity contribution is 5.82. The lowest BCUT2D eigenvalue weighted by Crippen LogP contribution is -2.15. The zero-order valence-corrected chi connectivity index (χ0v) is 9.16. The molecular formula is C9H15N5O. The van der Waals surface area contributed by atoms with Gasteiger partial charge in [-0.1, -0.05) is 13.3 Å². The summed E-state index contributed by atoms with van der Waals surface area (Å²) >= 11 is 0. The van der Waals surface area contributed by atoms with Crippen LogP contribution in [-0.2, 0) is 0 Å². The largest absolute Gasteiger partial charge is 0.288 e. The number of aromatic amines is 1. The lowest BCUT2D eigenvalue weighted by atomic mass is 10.2. The molecule has 0 spiro atoms. The topological polar surface area (TPSA) is 83.0 Å². The van der Waals surface area contributed by atoms with Crippen molar-refractivity contribution >= 4 is 11.7 Å². The van der Waals surface area contributed by atoms with Crippen molar-refractivity contribution in [1.82, 2.24) is 15.2 Å². The van der Waals surface area contributed by atoms with E-state index in [9.17, 15) is 4.79 Å². The van der Waals surface area contributed by atoms with E-state index in [2.05, 4.69) is 32.6 Å². The molecule has 0 amide bonds. The molecule has 82 valence electrons. The summed E-state index contributed by atoms with van der Waals surface area (Å²) in [5, 5.41) is 11.5. The zero-order chi connectivity index (χ0) is 11.3. The second-order valence-electron chi connectivity index (χ2n) is 3.30. The van der Waals surface area contributed by atoms with Crippen LogP contribution in [0.15, 0.2) is 9.90 Å². The molecule has 0 aliphatic heterocycles. The standard InChI is InChI=1S/C9H15N5O/c1-4-5-6(2)11-13-9-10-8(15)7(3)12-14-9/h4-5H2,1-3H3,(H2,10,13,14,15)/b11-6-. The molecule has 1 aromatic rings. The highest BCUT2D eigenvalue weighted by Gasteiger charge is 1.98. The molecule has 1 rings (SSSR count). The Morgan fingerprint density at radius 2 is 2.27 bits per heavy atom. The van der Waals surface area contributed by atoms with Crippen LogP contribution in [0.2, 0.25) is 0 Å². The predicted octanol–water partition coefficient (Wildman–Crippen LogP) is 1.06. The van der Waals surface area contributed by atoms with E-state index in [0.29, 0.717) is 5.69 Å². The van der Waals surface area contributed by atoms with Gasteiger partial charge in [0.05, 0.1) is 0 Å². The van der Waals surface area contributed by atoms with Gasteiger partial charge < -0.3 is 0 Å². The van der Waals surface area contributed by atoms with E-state index < -0.39 is 0 Å². The van der Waals surface area contributed by atoms with Gasteiger partial charge in [-0.2, -0.15) is 5.10 Å². The highest BCUT2D eigenvalue weighted by Crippen LogP contribution is 1.94. The Hall–Kier alpha value is -1.72. The van der Waals surface area contributed by atoms with Gasteiger partial charge in [0, 0.05) is 5.71 Å². The molecule has 6 nitrogen and oxygen atoms in total. The Labute approximate surface area is 87.8 Å². The molecule has 1 aromatic heterocycles. The molecule has 0 radical (unpaired) electrons. The molecule has 0 saturated heterocycles. The number of H-pyrrole nitrogens is 1. The van der Waals surface area contributed by atoms with E-state index in [1.54, 1.807) is 6.92 Å². The van der Waals surface area contributed by atoms with Crippen molar-refractivity contribution in [2.75, 3.05) is 5.43 Å². The van der Waals surface area contributed by atoms with E-state index in [1.165, 1.54) is 0 Å². The lowest BCUT2D eigenvalue weighted by molar-refractivity contribution is 0.894. The van der Waals surface area contributed by atoms with Crippen molar-refractivity contribution in [3.63, 3.8) is 0 Å². The van der Waals surface area contributed by atoms with Crippen molar-refractivity contribution < 1.29 is 0 Å². The molecule has 0 fully saturated rings. The summed E-state index contributed by atoms with van der Waals surface area (Å²) in [6.45, 7) is 5.59. The molecule has 0 bridgehead atoms. The van der Waals surface area contributed by atoms with Crippen LogP contribution in [0.5, 0.6) is 0 Å². The molecular weight excluding hydrogens is 194 g/mol. The number of rotatable bonds is 4. The van der Waals surface area contributed by atoms with E-state index in [1.807, 2.05) is 6.92 Å². The van der Waals surface area contributed by atoms with Crippen LogP contribution in [0.25, 0.3) is 0 Å². The van der Waals surface area contributed by atoms with Crippen LogP contribution in [0.4, 0.5) is 5.95 Å². The Balaban J connectivity index is 2.70. The summed E-state index contributed by atoms with van der Waals surface area (Å²) in [5.41, 5.74) is 3.70. The molecule has 0 aromatic carbocycles. The molecule has 0 unspecified atom stereocenters. The predicted molar refractivity (Wildman–Crippen MR) is 59.0 cm³/mol. The highest BCUT2D eigenvalue weighted by atomic mass is 16.1. The summed E-state index contributed by atoms with van der Waals surface area (Å²) in [7, 11) is 0. The van der Waals surface area contributed by atoms with E-state index >= 15 is 0 Å². The maximum absolute atomic E-state index is 11.2. The number of anilines is 1. The lowest BCUT2D eigenvalue weighted by Gasteiger charge is -2.00. The first kappa shape index (κ1) is 11.4. The normalized spacial score (nSPS) is 11.5. The van der Waals surface area contributed by atoms with Gasteiger partial charge in [-0.3, -0.25) is 9.78 Å². The smallest absolute Gasteiger partial charge is 0.274 e. The zero-order valence-electron chi connectivity index (χ0n) is 9.16. The van der Waals surface area contributed by atoms with Gasteiger partial charge in [0.2, 0.25) is 5.95 Å². The first-order valence-electron chi connectivity index (χ1n) is 4.86. The van der Waals surface area contributed by atoms with E-state index in [-0.39, 0.29) is 11.5 Å². The molecule has 0 aliphatic carbocycles. The summed E-state index contributed by atoms with van der Waals surface area (Å²) in [4.78, 5) is 13.7. The monoisotopic (exact) mass is 209 g/mol. The molecule has 0 saturated carbocycles. The Morgan fingerprint density at radius 3 is 2.87 bits per heavy atom. The Kier molecular flexibility index (Phi) is 3.96. The van der Waals surface area contributed by atoms with Crippen molar-refractivity contribution in [2.24, 2.45) is 5.10 Å². The van der Waals surface area contributed by atoms with E-state index in [4.69, 9.17) is 0 Å². The fraction of sp³-hybridized carbons (Fsp3) is 0.556. The Morgan fingerprint density at radius 1 is 1.53 bits per heavy atom. The third kappa shape index (κ3) is 3.49. The average Bonchev–Trinajstić information content (AvgIpc) is 2.20. The van der Waals surface area contributed by atoms with Gasteiger partial charge >= 0.3 is 0 Å². The SMILES string of the molecule is CCC/C(C)=N\Nc1nnc(C)c(=O)[nH]1. The van der Waals surface area contributed by atoms with Gasteiger partial charge in [0.15, 0.2) is 0 Å². The maximum Gasteiger partial charge on any atom is 0.274 e. The quantitative estimate of drug-likeness (QED) is 0.573. The number of aryl methyl sites for hydroxylation is 1. The summed E-state index contributed by atoms with van der Waals surface area (Å²) in [6.07, 6.45) is 1.95. The minimum Gasteiger partial charge on any atom is -0.288 e. The minimum absolute atomic E-state index is 0.254.